The first-order valence-electron chi connectivity index (χ1n) is 4.99. The van der Waals surface area contributed by atoms with Gasteiger partial charge in [-0.15, -0.1) is 0 Å². The van der Waals surface area contributed by atoms with Gasteiger partial charge in [0.05, 0.1) is 0 Å². The van der Waals surface area contributed by atoms with E-state index in [2.05, 4.69) is 23.0 Å². The molecule has 0 saturated heterocycles. The molecule has 0 atom stereocenters. The summed E-state index contributed by atoms with van der Waals surface area (Å²) in [6.07, 6.45) is 12.6. The van der Waals surface area contributed by atoms with Crippen LogP contribution in [0.4, 0.5) is 0 Å². The average molecular weight is 188 g/mol. The van der Waals surface area contributed by atoms with Crippen LogP contribution in [-0.2, 0) is 6.42 Å². The van der Waals surface area contributed by atoms with E-state index < -0.39 is 0 Å². The Morgan fingerprint density at radius 3 is 3.14 bits per heavy atom. The molecule has 0 spiro atoms. The molecule has 74 valence electrons. The Morgan fingerprint density at radius 2 is 2.43 bits per heavy atom. The van der Waals surface area contributed by atoms with E-state index in [0.29, 0.717) is 0 Å². The van der Waals surface area contributed by atoms with Crippen molar-refractivity contribution in [2.24, 2.45) is 4.99 Å². The number of nitrogens with zero attached hydrogens (tertiary/aromatic N) is 2. The Hall–Kier alpha value is -1.44. The number of hydrogen-bond donors (Lipinski definition) is 0. The fourth-order valence-electron chi connectivity index (χ4n) is 1.08. The van der Waals surface area contributed by atoms with Gasteiger partial charge < -0.3 is 0 Å². The number of hydrogen-bond acceptors (Lipinski definition) is 2. The van der Waals surface area contributed by atoms with E-state index in [1.165, 1.54) is 5.56 Å². The fraction of sp³-hybridized carbons (Fsp3) is 0.333. The van der Waals surface area contributed by atoms with Crippen LogP contribution in [0.2, 0.25) is 0 Å². The van der Waals surface area contributed by atoms with E-state index in [4.69, 9.17) is 0 Å². The summed E-state index contributed by atoms with van der Waals surface area (Å²) in [4.78, 5) is 8.20. The lowest BCUT2D eigenvalue weighted by Gasteiger charge is -1.94. The molecule has 1 aromatic heterocycles. The van der Waals surface area contributed by atoms with Crippen LogP contribution in [0.25, 0.3) is 0 Å². The quantitative estimate of drug-likeness (QED) is 0.652. The van der Waals surface area contributed by atoms with Crippen molar-refractivity contribution in [3.05, 3.63) is 42.4 Å². The highest BCUT2D eigenvalue weighted by Gasteiger charge is 1.88. The summed E-state index contributed by atoms with van der Waals surface area (Å²) in [5.74, 6) is 0. The number of aromatic nitrogens is 1. The van der Waals surface area contributed by atoms with Gasteiger partial charge in [0.1, 0.15) is 0 Å². The highest BCUT2D eigenvalue weighted by atomic mass is 14.7. The zero-order valence-corrected chi connectivity index (χ0v) is 8.56. The van der Waals surface area contributed by atoms with Crippen molar-refractivity contribution < 1.29 is 0 Å². The van der Waals surface area contributed by atoms with Crippen LogP contribution in [0.15, 0.2) is 41.8 Å². The Labute approximate surface area is 85.4 Å². The Kier molecular flexibility index (Phi) is 5.33. The van der Waals surface area contributed by atoms with Gasteiger partial charge in [-0.25, -0.2) is 0 Å². The molecule has 0 fully saturated rings. The summed E-state index contributed by atoms with van der Waals surface area (Å²) in [5.41, 5.74) is 1.26. The molecule has 0 amide bonds. The van der Waals surface area contributed by atoms with Crippen LogP contribution in [0, 0.1) is 0 Å². The summed E-state index contributed by atoms with van der Waals surface area (Å²) in [7, 11) is 0. The SMILES string of the molecule is CC/C=C\N=C/CCc1cccnc1. The molecule has 0 unspecified atom stereocenters. The first-order valence-corrected chi connectivity index (χ1v) is 4.99. The largest absolute Gasteiger partial charge is 0.269 e. The highest BCUT2D eigenvalue weighted by molar-refractivity contribution is 5.58. The lowest BCUT2D eigenvalue weighted by Crippen LogP contribution is -1.86. The zero-order valence-electron chi connectivity index (χ0n) is 8.56. The molecular formula is C12H16N2. The number of rotatable bonds is 5. The maximum atomic E-state index is 4.15. The van der Waals surface area contributed by atoms with E-state index in [-0.39, 0.29) is 0 Å². The van der Waals surface area contributed by atoms with Crippen molar-refractivity contribution in [2.75, 3.05) is 0 Å². The van der Waals surface area contributed by atoms with Gasteiger partial charge in [0.25, 0.3) is 0 Å². The van der Waals surface area contributed by atoms with E-state index in [0.717, 1.165) is 19.3 Å². The Bertz CT molecular complexity index is 288. The Morgan fingerprint density at radius 1 is 1.50 bits per heavy atom. The van der Waals surface area contributed by atoms with Crippen LogP contribution in [0.5, 0.6) is 0 Å². The van der Waals surface area contributed by atoms with Crippen molar-refractivity contribution in [2.45, 2.75) is 26.2 Å². The maximum Gasteiger partial charge on any atom is 0.0299 e. The van der Waals surface area contributed by atoms with Crippen molar-refractivity contribution >= 4 is 6.21 Å². The number of allylic oxidation sites excluding steroid dienone is 1. The first-order chi connectivity index (χ1) is 6.93. The van der Waals surface area contributed by atoms with Gasteiger partial charge in [-0.05, 0) is 30.9 Å². The molecule has 0 aromatic carbocycles. The van der Waals surface area contributed by atoms with Gasteiger partial charge in [0.2, 0.25) is 0 Å². The predicted molar refractivity (Wildman–Crippen MR) is 60.5 cm³/mol. The smallest absolute Gasteiger partial charge is 0.0299 e. The molecular weight excluding hydrogens is 172 g/mol. The third kappa shape index (κ3) is 4.55. The third-order valence-corrected chi connectivity index (χ3v) is 1.82. The zero-order chi connectivity index (χ0) is 10.1. The summed E-state index contributed by atoms with van der Waals surface area (Å²) in [5, 5.41) is 0. The topological polar surface area (TPSA) is 25.2 Å². The van der Waals surface area contributed by atoms with E-state index >= 15 is 0 Å². The summed E-state index contributed by atoms with van der Waals surface area (Å²) in [6.45, 7) is 2.10. The molecule has 2 nitrogen and oxygen atoms in total. The molecule has 0 aliphatic carbocycles. The van der Waals surface area contributed by atoms with Crippen LogP contribution in [0.1, 0.15) is 25.3 Å². The summed E-state index contributed by atoms with van der Waals surface area (Å²) < 4.78 is 0. The van der Waals surface area contributed by atoms with E-state index in [1.54, 1.807) is 6.20 Å². The van der Waals surface area contributed by atoms with E-state index in [1.807, 2.05) is 30.8 Å². The molecule has 0 aliphatic heterocycles. The average Bonchev–Trinajstić information content (AvgIpc) is 2.25. The van der Waals surface area contributed by atoms with E-state index in [9.17, 15) is 0 Å². The molecule has 0 N–H and O–H groups in total. The van der Waals surface area contributed by atoms with Gasteiger partial charge in [-0.3, -0.25) is 9.98 Å². The predicted octanol–water partition coefficient (Wildman–Crippen LogP) is 3.01. The number of aliphatic imine (C=N–C) groups is 1. The summed E-state index contributed by atoms with van der Waals surface area (Å²) >= 11 is 0. The minimum atomic E-state index is 0.972. The molecule has 2 heteroatoms. The minimum Gasteiger partial charge on any atom is -0.269 e. The highest BCUT2D eigenvalue weighted by Crippen LogP contribution is 1.98. The molecule has 14 heavy (non-hydrogen) atoms. The fourth-order valence-corrected chi connectivity index (χ4v) is 1.08. The number of aryl methyl sites for hydroxylation is 1. The second kappa shape index (κ2) is 7.01. The second-order valence-corrected chi connectivity index (χ2v) is 3.02. The van der Waals surface area contributed by atoms with Gasteiger partial charge in [0.15, 0.2) is 0 Å². The molecule has 0 bridgehead atoms. The molecule has 1 heterocycles. The second-order valence-electron chi connectivity index (χ2n) is 3.02. The van der Waals surface area contributed by atoms with Gasteiger partial charge in [-0.2, -0.15) is 0 Å². The number of pyridine rings is 1. The van der Waals surface area contributed by atoms with Crippen molar-refractivity contribution in [3.8, 4) is 0 Å². The Balaban J connectivity index is 2.22. The van der Waals surface area contributed by atoms with Crippen molar-refractivity contribution in [1.82, 2.24) is 4.98 Å². The van der Waals surface area contributed by atoms with Crippen LogP contribution >= 0.6 is 0 Å². The van der Waals surface area contributed by atoms with Crippen LogP contribution in [0.3, 0.4) is 0 Å². The van der Waals surface area contributed by atoms with Gasteiger partial charge >= 0.3 is 0 Å². The normalized spacial score (nSPS) is 11.5. The van der Waals surface area contributed by atoms with Crippen molar-refractivity contribution in [3.63, 3.8) is 0 Å². The first kappa shape index (κ1) is 10.6. The van der Waals surface area contributed by atoms with Gasteiger partial charge in [0, 0.05) is 24.8 Å². The van der Waals surface area contributed by atoms with Crippen molar-refractivity contribution in [1.29, 1.82) is 0 Å². The van der Waals surface area contributed by atoms with Crippen LogP contribution in [-0.4, -0.2) is 11.2 Å². The lowest BCUT2D eigenvalue weighted by atomic mass is 10.2. The molecule has 0 saturated carbocycles. The standard InChI is InChI=1S/C12H16N2/c1-2-3-8-13-9-4-6-12-7-5-10-14-11-12/h3,5,7-11H,2,4,6H2,1H3/b8-3-,13-9-. The van der Waals surface area contributed by atoms with Gasteiger partial charge in [-0.1, -0.05) is 19.1 Å². The maximum absolute atomic E-state index is 4.15. The van der Waals surface area contributed by atoms with Crippen LogP contribution < -0.4 is 0 Å². The minimum absolute atomic E-state index is 0.972. The monoisotopic (exact) mass is 188 g/mol. The third-order valence-electron chi connectivity index (χ3n) is 1.82. The molecule has 0 radical (unpaired) electrons. The molecule has 1 aromatic rings. The molecule has 1 rings (SSSR count). The summed E-state index contributed by atoms with van der Waals surface area (Å²) in [6, 6.07) is 4.05. The molecule has 0 aliphatic rings. The lowest BCUT2D eigenvalue weighted by molar-refractivity contribution is 1.03.